The number of pyridine rings is 1. The standard InChI is InChI=1S/C15H12N2O3/c1-19-14-3-2-12(18)7-13(14)10-6-11(9-16-8-10)15-17-4-5-20-15/h2-9,18H,1H3. The highest BCUT2D eigenvalue weighted by atomic mass is 16.5. The van der Waals surface area contributed by atoms with Crippen molar-refractivity contribution >= 4 is 0 Å². The summed E-state index contributed by atoms with van der Waals surface area (Å²) in [5.74, 6) is 1.33. The number of rotatable bonds is 3. The lowest BCUT2D eigenvalue weighted by Gasteiger charge is -2.09. The Morgan fingerprint density at radius 3 is 2.75 bits per heavy atom. The molecule has 0 aliphatic heterocycles. The van der Waals surface area contributed by atoms with Gasteiger partial charge in [-0.15, -0.1) is 0 Å². The van der Waals surface area contributed by atoms with Gasteiger partial charge in [-0.25, -0.2) is 4.98 Å². The Kier molecular flexibility index (Phi) is 3.09. The van der Waals surface area contributed by atoms with Crippen molar-refractivity contribution in [1.82, 2.24) is 9.97 Å². The van der Waals surface area contributed by atoms with E-state index in [1.54, 1.807) is 43.9 Å². The predicted octanol–water partition coefficient (Wildman–Crippen LogP) is 3.12. The second-order valence-electron chi connectivity index (χ2n) is 4.18. The van der Waals surface area contributed by atoms with Crippen LogP contribution >= 0.6 is 0 Å². The maximum atomic E-state index is 9.64. The largest absolute Gasteiger partial charge is 0.508 e. The topological polar surface area (TPSA) is 68.4 Å². The highest BCUT2D eigenvalue weighted by Crippen LogP contribution is 2.34. The highest BCUT2D eigenvalue weighted by Gasteiger charge is 2.10. The van der Waals surface area contributed by atoms with Crippen LogP contribution in [0.25, 0.3) is 22.6 Å². The lowest BCUT2D eigenvalue weighted by molar-refractivity contribution is 0.414. The van der Waals surface area contributed by atoms with Crippen LogP contribution in [-0.4, -0.2) is 22.2 Å². The Labute approximate surface area is 115 Å². The van der Waals surface area contributed by atoms with Crippen molar-refractivity contribution in [1.29, 1.82) is 0 Å². The molecule has 2 aromatic heterocycles. The molecule has 2 heterocycles. The third-order valence-corrected chi connectivity index (χ3v) is 2.91. The van der Waals surface area contributed by atoms with Crippen LogP contribution in [0.4, 0.5) is 0 Å². The van der Waals surface area contributed by atoms with Crippen molar-refractivity contribution in [3.63, 3.8) is 0 Å². The summed E-state index contributed by atoms with van der Waals surface area (Å²) in [5.41, 5.74) is 2.33. The molecule has 0 saturated carbocycles. The number of ether oxygens (including phenoxy) is 1. The van der Waals surface area contributed by atoms with Crippen LogP contribution in [0.15, 0.2) is 53.5 Å². The first-order valence-corrected chi connectivity index (χ1v) is 6.00. The number of hydrogen-bond acceptors (Lipinski definition) is 5. The summed E-state index contributed by atoms with van der Waals surface area (Å²) in [5, 5.41) is 9.64. The van der Waals surface area contributed by atoms with Gasteiger partial charge in [-0.05, 0) is 24.3 Å². The molecule has 5 nitrogen and oxygen atoms in total. The third kappa shape index (κ3) is 2.21. The second-order valence-corrected chi connectivity index (χ2v) is 4.18. The van der Waals surface area contributed by atoms with Gasteiger partial charge in [0.2, 0.25) is 5.89 Å². The normalized spacial score (nSPS) is 10.4. The van der Waals surface area contributed by atoms with Crippen LogP contribution in [0.1, 0.15) is 0 Å². The number of hydrogen-bond donors (Lipinski definition) is 1. The summed E-state index contributed by atoms with van der Waals surface area (Å²) < 4.78 is 10.6. The summed E-state index contributed by atoms with van der Waals surface area (Å²) in [6.45, 7) is 0. The fourth-order valence-electron chi connectivity index (χ4n) is 1.99. The third-order valence-electron chi connectivity index (χ3n) is 2.91. The molecule has 0 saturated heterocycles. The molecule has 0 amide bonds. The first-order chi connectivity index (χ1) is 9.78. The van der Waals surface area contributed by atoms with Crippen molar-refractivity contribution in [2.75, 3.05) is 7.11 Å². The predicted molar refractivity (Wildman–Crippen MR) is 73.4 cm³/mol. The Balaban J connectivity index is 2.11. The Hall–Kier alpha value is -2.82. The van der Waals surface area contributed by atoms with Gasteiger partial charge in [0.15, 0.2) is 0 Å². The monoisotopic (exact) mass is 268 g/mol. The number of nitrogens with zero attached hydrogens (tertiary/aromatic N) is 2. The lowest BCUT2D eigenvalue weighted by Crippen LogP contribution is -1.89. The van der Waals surface area contributed by atoms with Gasteiger partial charge in [-0.1, -0.05) is 0 Å². The molecule has 20 heavy (non-hydrogen) atoms. The van der Waals surface area contributed by atoms with Crippen LogP contribution in [0.5, 0.6) is 11.5 Å². The van der Waals surface area contributed by atoms with E-state index in [9.17, 15) is 5.11 Å². The van der Waals surface area contributed by atoms with E-state index in [2.05, 4.69) is 9.97 Å². The fourth-order valence-corrected chi connectivity index (χ4v) is 1.99. The molecule has 0 unspecified atom stereocenters. The molecule has 0 atom stereocenters. The molecular weight excluding hydrogens is 256 g/mol. The number of phenolic OH excluding ortho intramolecular Hbond substituents is 1. The van der Waals surface area contributed by atoms with Gasteiger partial charge in [0.1, 0.15) is 17.8 Å². The van der Waals surface area contributed by atoms with Gasteiger partial charge in [-0.3, -0.25) is 4.98 Å². The number of methoxy groups -OCH3 is 1. The average molecular weight is 268 g/mol. The van der Waals surface area contributed by atoms with Crippen LogP contribution in [0.2, 0.25) is 0 Å². The molecule has 1 N–H and O–H groups in total. The maximum absolute atomic E-state index is 9.64. The van der Waals surface area contributed by atoms with E-state index in [4.69, 9.17) is 9.15 Å². The van der Waals surface area contributed by atoms with Gasteiger partial charge in [0, 0.05) is 23.5 Å². The van der Waals surface area contributed by atoms with Crippen molar-refractivity contribution in [2.24, 2.45) is 0 Å². The minimum atomic E-state index is 0.169. The lowest BCUT2D eigenvalue weighted by atomic mass is 10.0. The quantitative estimate of drug-likeness (QED) is 0.790. The molecule has 1 aromatic carbocycles. The van der Waals surface area contributed by atoms with Gasteiger partial charge in [-0.2, -0.15) is 0 Å². The molecule has 5 heteroatoms. The molecule has 3 rings (SSSR count). The minimum Gasteiger partial charge on any atom is -0.508 e. The number of aromatic nitrogens is 2. The molecule has 0 aliphatic rings. The van der Waals surface area contributed by atoms with Crippen molar-refractivity contribution in [3.8, 4) is 34.1 Å². The van der Waals surface area contributed by atoms with E-state index in [0.717, 1.165) is 16.7 Å². The van der Waals surface area contributed by atoms with Crippen LogP contribution in [0.3, 0.4) is 0 Å². The Morgan fingerprint density at radius 2 is 2.00 bits per heavy atom. The highest BCUT2D eigenvalue weighted by molar-refractivity contribution is 5.74. The Bertz CT molecular complexity index is 724. The molecule has 3 aromatic rings. The van der Waals surface area contributed by atoms with Crippen molar-refractivity contribution in [2.45, 2.75) is 0 Å². The van der Waals surface area contributed by atoms with E-state index in [1.165, 1.54) is 6.26 Å². The molecule has 0 spiro atoms. The van der Waals surface area contributed by atoms with Gasteiger partial charge in [0.25, 0.3) is 0 Å². The van der Waals surface area contributed by atoms with E-state index >= 15 is 0 Å². The van der Waals surface area contributed by atoms with Gasteiger partial charge >= 0.3 is 0 Å². The van der Waals surface area contributed by atoms with E-state index < -0.39 is 0 Å². The summed E-state index contributed by atoms with van der Waals surface area (Å²) in [6, 6.07) is 6.81. The first kappa shape index (κ1) is 12.2. The number of benzene rings is 1. The van der Waals surface area contributed by atoms with E-state index in [-0.39, 0.29) is 5.75 Å². The zero-order valence-electron chi connectivity index (χ0n) is 10.8. The summed E-state index contributed by atoms with van der Waals surface area (Å²) in [7, 11) is 1.58. The van der Waals surface area contributed by atoms with Crippen LogP contribution in [0, 0.1) is 0 Å². The van der Waals surface area contributed by atoms with Crippen LogP contribution in [-0.2, 0) is 0 Å². The first-order valence-electron chi connectivity index (χ1n) is 6.00. The van der Waals surface area contributed by atoms with Gasteiger partial charge in [0.05, 0.1) is 18.9 Å². The molecule has 0 aliphatic carbocycles. The molecule has 0 radical (unpaired) electrons. The summed E-state index contributed by atoms with van der Waals surface area (Å²) in [4.78, 5) is 8.28. The Morgan fingerprint density at radius 1 is 1.15 bits per heavy atom. The SMILES string of the molecule is COc1ccc(O)cc1-c1cncc(-c2ncco2)c1. The molecule has 0 fully saturated rings. The smallest absolute Gasteiger partial charge is 0.227 e. The number of phenols is 1. The van der Waals surface area contributed by atoms with Crippen molar-refractivity contribution < 1.29 is 14.3 Å². The fraction of sp³-hybridized carbons (Fsp3) is 0.0667. The molecular formula is C15H12N2O3. The molecule has 100 valence electrons. The van der Waals surface area contributed by atoms with E-state index in [1.807, 2.05) is 6.07 Å². The van der Waals surface area contributed by atoms with E-state index in [0.29, 0.717) is 11.6 Å². The summed E-state index contributed by atoms with van der Waals surface area (Å²) >= 11 is 0. The molecule has 0 bridgehead atoms. The van der Waals surface area contributed by atoms with Crippen molar-refractivity contribution in [3.05, 3.63) is 49.1 Å². The maximum Gasteiger partial charge on any atom is 0.227 e. The minimum absolute atomic E-state index is 0.169. The average Bonchev–Trinajstić information content (AvgIpc) is 3.01. The zero-order valence-corrected chi connectivity index (χ0v) is 10.8. The summed E-state index contributed by atoms with van der Waals surface area (Å²) in [6.07, 6.45) is 6.46. The number of oxazole rings is 1. The van der Waals surface area contributed by atoms with Gasteiger partial charge < -0.3 is 14.3 Å². The second kappa shape index (κ2) is 5.05. The number of aromatic hydroxyl groups is 1. The van der Waals surface area contributed by atoms with Crippen LogP contribution < -0.4 is 4.74 Å². The zero-order chi connectivity index (χ0) is 13.9.